The molecule has 0 aromatic rings. The van der Waals surface area contributed by atoms with Crippen molar-refractivity contribution in [2.45, 2.75) is 65.7 Å². The van der Waals surface area contributed by atoms with Gasteiger partial charge in [-0.25, -0.2) is 0 Å². The Balaban J connectivity index is 0.000000212. The maximum Gasteiger partial charge on any atom is 0.305 e. The molecule has 6 atom stereocenters. The maximum atomic E-state index is 9.96. The number of hydrogen-bond donors (Lipinski definition) is 0. The van der Waals surface area contributed by atoms with Crippen LogP contribution in [0.25, 0.3) is 0 Å². The summed E-state index contributed by atoms with van der Waals surface area (Å²) in [7, 11) is 1.38. The third kappa shape index (κ3) is 2.89. The largest absolute Gasteiger partial charge is 0.469 e. The van der Waals surface area contributed by atoms with Crippen LogP contribution in [-0.2, 0) is 9.53 Å². The Morgan fingerprint density at radius 1 is 0.950 bits per heavy atom. The SMILES string of the molecule is CCC(=O)OC.CCC1CC(CC)C2C3CCC(C3)C12. The lowest BCUT2D eigenvalue weighted by atomic mass is 9.75. The second-order valence-electron chi connectivity index (χ2n) is 6.99. The number of carbonyl (C=O) groups is 1. The first-order chi connectivity index (χ1) is 9.65. The van der Waals surface area contributed by atoms with E-state index in [1.54, 1.807) is 32.6 Å². The molecule has 116 valence electrons. The molecule has 3 rings (SSSR count). The van der Waals surface area contributed by atoms with Crippen LogP contribution >= 0.6 is 0 Å². The molecule has 0 radical (unpaired) electrons. The zero-order chi connectivity index (χ0) is 14.7. The Bertz CT molecular complexity index is 297. The number of fused-ring (bicyclic) bond motifs is 5. The molecule has 0 saturated heterocycles. The lowest BCUT2D eigenvalue weighted by Gasteiger charge is -2.30. The van der Waals surface area contributed by atoms with E-state index in [2.05, 4.69) is 18.6 Å². The number of rotatable bonds is 3. The quantitative estimate of drug-likeness (QED) is 0.702. The standard InChI is InChI=1S/C14H24.C4H8O2/c1-3-9-7-10(4-2)14-12-6-5-11(8-12)13(9)14;1-3-4(5)6-2/h9-14H,3-8H2,1-2H3;3H2,1-2H3. The number of hydrogen-bond acceptors (Lipinski definition) is 2. The molecule has 6 unspecified atom stereocenters. The number of methoxy groups -OCH3 is 1. The van der Waals surface area contributed by atoms with Crippen molar-refractivity contribution in [1.29, 1.82) is 0 Å². The van der Waals surface area contributed by atoms with Gasteiger partial charge in [0.05, 0.1) is 7.11 Å². The van der Waals surface area contributed by atoms with E-state index in [0.29, 0.717) is 6.42 Å². The average Bonchev–Trinajstić information content (AvgIpc) is 3.18. The molecule has 0 aromatic carbocycles. The summed E-state index contributed by atoms with van der Waals surface area (Å²) in [4.78, 5) is 9.96. The molecule has 0 spiro atoms. The van der Waals surface area contributed by atoms with Crippen LogP contribution in [0.1, 0.15) is 65.7 Å². The summed E-state index contributed by atoms with van der Waals surface area (Å²) in [6.07, 6.45) is 9.74. The summed E-state index contributed by atoms with van der Waals surface area (Å²) < 4.78 is 4.26. The van der Waals surface area contributed by atoms with Gasteiger partial charge in [0.2, 0.25) is 0 Å². The lowest BCUT2D eigenvalue weighted by Crippen LogP contribution is -2.24. The van der Waals surface area contributed by atoms with Gasteiger partial charge in [0.25, 0.3) is 0 Å². The molecule has 0 heterocycles. The van der Waals surface area contributed by atoms with Crippen LogP contribution in [0.4, 0.5) is 0 Å². The van der Waals surface area contributed by atoms with E-state index in [1.807, 2.05) is 0 Å². The Hall–Kier alpha value is -0.530. The van der Waals surface area contributed by atoms with Gasteiger partial charge >= 0.3 is 5.97 Å². The van der Waals surface area contributed by atoms with Crippen molar-refractivity contribution >= 4 is 5.97 Å². The molecular formula is C18H32O2. The van der Waals surface area contributed by atoms with Crippen molar-refractivity contribution in [3.05, 3.63) is 0 Å². The highest BCUT2D eigenvalue weighted by atomic mass is 16.5. The van der Waals surface area contributed by atoms with Crippen LogP contribution in [0.3, 0.4) is 0 Å². The van der Waals surface area contributed by atoms with Gasteiger partial charge in [-0.1, -0.05) is 33.6 Å². The van der Waals surface area contributed by atoms with E-state index in [4.69, 9.17) is 0 Å². The summed E-state index contributed by atoms with van der Waals surface area (Å²) in [6.45, 7) is 6.60. The van der Waals surface area contributed by atoms with Gasteiger partial charge in [-0.2, -0.15) is 0 Å². The van der Waals surface area contributed by atoms with Crippen molar-refractivity contribution in [3.63, 3.8) is 0 Å². The molecule has 3 aliphatic rings. The molecule has 0 N–H and O–H groups in total. The minimum atomic E-state index is -0.157. The monoisotopic (exact) mass is 280 g/mol. The molecular weight excluding hydrogens is 248 g/mol. The van der Waals surface area contributed by atoms with Crippen LogP contribution in [0.5, 0.6) is 0 Å². The zero-order valence-electron chi connectivity index (χ0n) is 13.7. The van der Waals surface area contributed by atoms with Crippen LogP contribution in [-0.4, -0.2) is 13.1 Å². The number of carbonyl (C=O) groups excluding carboxylic acids is 1. The van der Waals surface area contributed by atoms with Gasteiger partial charge in [0.15, 0.2) is 0 Å². The predicted octanol–water partition coefficient (Wildman–Crippen LogP) is 4.67. The molecule has 2 heteroatoms. The molecule has 20 heavy (non-hydrogen) atoms. The van der Waals surface area contributed by atoms with Crippen molar-refractivity contribution in [2.75, 3.05) is 7.11 Å². The summed E-state index contributed by atoms with van der Waals surface area (Å²) >= 11 is 0. The van der Waals surface area contributed by atoms with Gasteiger partial charge in [-0.3, -0.25) is 4.79 Å². The highest BCUT2D eigenvalue weighted by molar-refractivity contribution is 5.68. The zero-order valence-corrected chi connectivity index (χ0v) is 13.7. The van der Waals surface area contributed by atoms with E-state index in [9.17, 15) is 4.79 Å². The third-order valence-electron chi connectivity index (χ3n) is 6.31. The fourth-order valence-corrected chi connectivity index (χ4v) is 5.50. The maximum absolute atomic E-state index is 9.96. The summed E-state index contributed by atoms with van der Waals surface area (Å²) in [5, 5.41) is 0. The smallest absolute Gasteiger partial charge is 0.305 e. The van der Waals surface area contributed by atoms with E-state index in [0.717, 1.165) is 23.7 Å². The molecule has 3 saturated carbocycles. The molecule has 0 aliphatic heterocycles. The van der Waals surface area contributed by atoms with Gasteiger partial charge < -0.3 is 4.74 Å². The van der Waals surface area contributed by atoms with Crippen LogP contribution in [0.15, 0.2) is 0 Å². The van der Waals surface area contributed by atoms with Crippen LogP contribution < -0.4 is 0 Å². The van der Waals surface area contributed by atoms with E-state index >= 15 is 0 Å². The summed E-state index contributed by atoms with van der Waals surface area (Å²) in [5.74, 6) is 6.72. The Morgan fingerprint density at radius 3 is 1.75 bits per heavy atom. The predicted molar refractivity (Wildman–Crippen MR) is 82.3 cm³/mol. The topological polar surface area (TPSA) is 26.3 Å². The lowest BCUT2D eigenvalue weighted by molar-refractivity contribution is -0.140. The van der Waals surface area contributed by atoms with E-state index < -0.39 is 0 Å². The van der Waals surface area contributed by atoms with Crippen molar-refractivity contribution in [1.82, 2.24) is 0 Å². The highest BCUT2D eigenvalue weighted by Gasteiger charge is 2.55. The second-order valence-corrected chi connectivity index (χ2v) is 6.99. The highest BCUT2D eigenvalue weighted by Crippen LogP contribution is 2.63. The third-order valence-corrected chi connectivity index (χ3v) is 6.31. The first-order valence-corrected chi connectivity index (χ1v) is 8.72. The summed E-state index contributed by atoms with van der Waals surface area (Å²) in [6, 6.07) is 0. The van der Waals surface area contributed by atoms with Gasteiger partial charge in [0, 0.05) is 6.42 Å². The summed E-state index contributed by atoms with van der Waals surface area (Å²) in [5.41, 5.74) is 0. The first kappa shape index (κ1) is 15.9. The Labute approximate surface area is 124 Å². The average molecular weight is 280 g/mol. The van der Waals surface area contributed by atoms with Crippen molar-refractivity contribution < 1.29 is 9.53 Å². The van der Waals surface area contributed by atoms with Crippen molar-refractivity contribution in [2.24, 2.45) is 35.5 Å². The Kier molecular flexibility index (Phi) is 5.51. The van der Waals surface area contributed by atoms with Crippen LogP contribution in [0.2, 0.25) is 0 Å². The molecule has 3 aliphatic carbocycles. The fourth-order valence-electron chi connectivity index (χ4n) is 5.50. The minimum Gasteiger partial charge on any atom is -0.469 e. The minimum absolute atomic E-state index is 0.157. The van der Waals surface area contributed by atoms with E-state index in [1.165, 1.54) is 31.8 Å². The second kappa shape index (κ2) is 6.95. The van der Waals surface area contributed by atoms with Gasteiger partial charge in [0.1, 0.15) is 0 Å². The van der Waals surface area contributed by atoms with Crippen LogP contribution in [0, 0.1) is 35.5 Å². The molecule has 0 amide bonds. The van der Waals surface area contributed by atoms with E-state index in [-0.39, 0.29) is 5.97 Å². The fraction of sp³-hybridized carbons (Fsp3) is 0.944. The Morgan fingerprint density at radius 2 is 1.45 bits per heavy atom. The molecule has 3 fully saturated rings. The number of ether oxygens (including phenoxy) is 1. The molecule has 2 bridgehead atoms. The normalized spacial score (nSPS) is 41.0. The van der Waals surface area contributed by atoms with Gasteiger partial charge in [-0.05, 0) is 61.2 Å². The number of esters is 1. The first-order valence-electron chi connectivity index (χ1n) is 8.72. The van der Waals surface area contributed by atoms with Gasteiger partial charge in [-0.15, -0.1) is 0 Å². The molecule has 2 nitrogen and oxygen atoms in total. The van der Waals surface area contributed by atoms with Crippen molar-refractivity contribution in [3.8, 4) is 0 Å². The molecule has 0 aromatic heterocycles.